The van der Waals surface area contributed by atoms with E-state index in [4.69, 9.17) is 0 Å². The van der Waals surface area contributed by atoms with Crippen LogP contribution >= 0.6 is 0 Å². The molecule has 0 N–H and O–H groups in total. The third-order valence-corrected chi connectivity index (χ3v) is 11.0. The molecule has 0 fully saturated rings. The van der Waals surface area contributed by atoms with Gasteiger partial charge in [-0.1, -0.05) is 224 Å². The van der Waals surface area contributed by atoms with Crippen LogP contribution in [0.4, 0.5) is 35.1 Å². The van der Waals surface area contributed by atoms with Gasteiger partial charge in [0, 0.05) is 5.56 Å². The number of rotatable bonds is 7. The molecule has 0 atom stereocenters. The van der Waals surface area contributed by atoms with Gasteiger partial charge in [-0.05, 0) is 148 Å². The summed E-state index contributed by atoms with van der Waals surface area (Å²) in [6.45, 7) is 29.9. The minimum atomic E-state index is -0.767. The summed E-state index contributed by atoms with van der Waals surface area (Å²) in [5, 5.41) is 0. The SMILES string of the molecule is C.C.C.C.CC(C)c1c(F)cccc1F.CC(C)c1ccc(F)cc1.CC(C)c1cccc(F)c1.CC(C)c1cccc(F)c1F.CC(C)c1ccccc1.CC(C)c1ccccc1F.Cc1cc(F)cc(C(C)C)c1. The first-order valence-corrected chi connectivity index (χ1v) is 24.7. The van der Waals surface area contributed by atoms with E-state index in [1.165, 1.54) is 59.7 Å². The van der Waals surface area contributed by atoms with Crippen LogP contribution in [0.1, 0.15) is 213 Å². The monoisotopic (exact) mass is 1060 g/mol. The lowest BCUT2D eigenvalue weighted by Gasteiger charge is -2.06. The van der Waals surface area contributed by atoms with Crippen molar-refractivity contribution in [3.05, 3.63) is 249 Å². The molecule has 76 heavy (non-hydrogen) atoms. The lowest BCUT2D eigenvalue weighted by atomic mass is 10.0. The van der Waals surface area contributed by atoms with Crippen molar-refractivity contribution in [2.45, 2.75) is 175 Å². The fourth-order valence-corrected chi connectivity index (χ4v) is 6.62. The molecule has 0 bridgehead atoms. The molecule has 0 unspecified atom stereocenters. The van der Waals surface area contributed by atoms with Gasteiger partial charge in [0.2, 0.25) is 0 Å². The maximum Gasteiger partial charge on any atom is 0.162 e. The van der Waals surface area contributed by atoms with Gasteiger partial charge in [-0.25, -0.2) is 35.1 Å². The molecule has 0 nitrogen and oxygen atoms in total. The van der Waals surface area contributed by atoms with Gasteiger partial charge in [-0.2, -0.15) is 0 Å². The van der Waals surface area contributed by atoms with E-state index in [1.807, 2.05) is 77.1 Å². The number of aryl methyl sites for hydroxylation is 1. The molecule has 7 rings (SSSR count). The van der Waals surface area contributed by atoms with E-state index in [9.17, 15) is 35.1 Å². The van der Waals surface area contributed by atoms with Gasteiger partial charge in [0.25, 0.3) is 0 Å². The summed E-state index contributed by atoms with van der Waals surface area (Å²) in [5.41, 5.74) is 7.12. The molecule has 0 aliphatic rings. The van der Waals surface area contributed by atoms with Crippen molar-refractivity contribution >= 4 is 0 Å². The summed E-state index contributed by atoms with van der Waals surface area (Å²) in [6.07, 6.45) is 0. The zero-order chi connectivity index (χ0) is 54.7. The van der Waals surface area contributed by atoms with Crippen LogP contribution < -0.4 is 0 Å². The van der Waals surface area contributed by atoms with E-state index in [-0.39, 0.29) is 76.3 Å². The number of benzene rings is 7. The van der Waals surface area contributed by atoms with Crippen LogP contribution in [-0.4, -0.2) is 0 Å². The molecular weight excluding hydrogens is 969 g/mol. The van der Waals surface area contributed by atoms with Crippen molar-refractivity contribution in [3.63, 3.8) is 0 Å². The van der Waals surface area contributed by atoms with E-state index in [1.54, 1.807) is 50.2 Å². The topological polar surface area (TPSA) is 0 Å². The normalized spacial score (nSPS) is 9.92. The van der Waals surface area contributed by atoms with Crippen molar-refractivity contribution in [2.24, 2.45) is 0 Å². The van der Waals surface area contributed by atoms with E-state index in [0.29, 0.717) is 29.2 Å². The molecule has 0 aliphatic carbocycles. The lowest BCUT2D eigenvalue weighted by molar-refractivity contribution is 0.494. The van der Waals surface area contributed by atoms with Gasteiger partial charge in [0.1, 0.15) is 34.9 Å². The predicted molar refractivity (Wildman–Crippen MR) is 315 cm³/mol. The van der Waals surface area contributed by atoms with E-state index in [0.717, 1.165) is 28.3 Å². The second kappa shape index (κ2) is 40.3. The highest BCUT2D eigenvalue weighted by Gasteiger charge is 2.11. The standard InChI is InChI=1S/C10H13F.2C9H10F2.3C9H11F.C9H12.4CH4/c1-7(2)9-4-8(3)5-10(11)6-9;1-6(2)9-7(10)4-3-5-8(9)11;1-6(2)7-4-3-5-8(10)9(7)11;1-7(2)8-3-5-9(10)6-4-8;1-7(2)8-4-3-5-9(10)6-8;1-7(2)8-5-3-4-6-9(8)10;1-8(2)9-6-4-3-5-7-9;;;;/h4-7H,1-3H3;2*3-6H,1-2H3;3*3-7H,1-2H3;3-8H,1-2H3;4*1H4. The lowest BCUT2D eigenvalue weighted by Crippen LogP contribution is -1.96. The molecule has 0 saturated heterocycles. The van der Waals surface area contributed by atoms with Crippen LogP contribution in [0.2, 0.25) is 0 Å². The Morgan fingerprint density at radius 2 is 0.645 bits per heavy atom. The fraction of sp³-hybridized carbons (Fsp3) is 0.382. The largest absolute Gasteiger partial charge is 0.207 e. The van der Waals surface area contributed by atoms with Gasteiger partial charge < -0.3 is 0 Å². The number of halogens is 8. The van der Waals surface area contributed by atoms with E-state index < -0.39 is 23.3 Å². The first-order chi connectivity index (χ1) is 33.8. The fourth-order valence-electron chi connectivity index (χ4n) is 6.62. The molecule has 0 aliphatic heterocycles. The van der Waals surface area contributed by atoms with Gasteiger partial charge in [-0.15, -0.1) is 0 Å². The molecular formula is C68H94F8. The molecule has 0 amide bonds. The predicted octanol–water partition coefficient (Wildman–Crippen LogP) is 23.6. The van der Waals surface area contributed by atoms with Crippen LogP contribution in [-0.2, 0) is 0 Å². The van der Waals surface area contributed by atoms with Gasteiger partial charge in [0.05, 0.1) is 0 Å². The Labute approximate surface area is 457 Å². The van der Waals surface area contributed by atoms with Crippen LogP contribution in [0.15, 0.2) is 158 Å². The quantitative estimate of drug-likeness (QED) is 0.140. The Bertz CT molecular complexity index is 2520. The summed E-state index contributed by atoms with van der Waals surface area (Å²) in [6, 6.07) is 44.1. The molecule has 0 heterocycles. The smallest absolute Gasteiger partial charge is 0.162 e. The highest BCUT2D eigenvalue weighted by atomic mass is 19.2. The number of hydrogen-bond acceptors (Lipinski definition) is 0. The van der Waals surface area contributed by atoms with Gasteiger partial charge in [-0.3, -0.25) is 0 Å². The van der Waals surface area contributed by atoms with Crippen molar-refractivity contribution in [3.8, 4) is 0 Å². The second-order valence-electron chi connectivity index (χ2n) is 19.5. The molecule has 422 valence electrons. The minimum absolute atomic E-state index is 0. The zero-order valence-electron chi connectivity index (χ0n) is 45.1. The van der Waals surface area contributed by atoms with Crippen LogP contribution in [0.5, 0.6) is 0 Å². The molecule has 0 spiro atoms. The minimum Gasteiger partial charge on any atom is -0.207 e. The maximum absolute atomic E-state index is 12.9. The van der Waals surface area contributed by atoms with Crippen molar-refractivity contribution in [2.75, 3.05) is 0 Å². The van der Waals surface area contributed by atoms with Crippen molar-refractivity contribution in [1.82, 2.24) is 0 Å². The molecule has 0 saturated carbocycles. The molecule has 7 aromatic rings. The summed E-state index contributed by atoms with van der Waals surface area (Å²) in [5.74, 6) is -0.768. The highest BCUT2D eigenvalue weighted by Crippen LogP contribution is 2.23. The van der Waals surface area contributed by atoms with Crippen LogP contribution in [0.3, 0.4) is 0 Å². The highest BCUT2D eigenvalue weighted by molar-refractivity contribution is 5.27. The Kier molecular flexibility index (Phi) is 40.5. The Balaban J connectivity index is -0.000000395. The summed E-state index contributed by atoms with van der Waals surface area (Å²) in [4.78, 5) is 0. The third kappa shape index (κ3) is 29.9. The first kappa shape index (κ1) is 76.5. The van der Waals surface area contributed by atoms with Crippen molar-refractivity contribution < 1.29 is 35.1 Å². The zero-order valence-corrected chi connectivity index (χ0v) is 45.1. The molecule has 0 radical (unpaired) electrons. The first-order valence-electron chi connectivity index (χ1n) is 24.7. The van der Waals surface area contributed by atoms with E-state index in [2.05, 4.69) is 79.7 Å². The third-order valence-electron chi connectivity index (χ3n) is 11.0. The Morgan fingerprint density at radius 3 is 1.01 bits per heavy atom. The average molecular weight is 1060 g/mol. The number of hydrogen-bond donors (Lipinski definition) is 0. The second-order valence-corrected chi connectivity index (χ2v) is 19.5. The molecule has 0 aromatic heterocycles. The van der Waals surface area contributed by atoms with Gasteiger partial charge in [0.15, 0.2) is 11.6 Å². The molecule has 7 aromatic carbocycles. The summed E-state index contributed by atoms with van der Waals surface area (Å²) >= 11 is 0. The van der Waals surface area contributed by atoms with Crippen LogP contribution in [0.25, 0.3) is 0 Å². The maximum atomic E-state index is 12.9. The van der Waals surface area contributed by atoms with Gasteiger partial charge >= 0.3 is 0 Å². The van der Waals surface area contributed by atoms with E-state index >= 15 is 0 Å². The Hall–Kier alpha value is -6.02. The average Bonchev–Trinajstić information content (AvgIpc) is 3.31. The summed E-state index contributed by atoms with van der Waals surface area (Å²) in [7, 11) is 0. The summed E-state index contributed by atoms with van der Waals surface area (Å²) < 4.78 is 102. The van der Waals surface area contributed by atoms with Crippen LogP contribution in [0, 0.1) is 53.5 Å². The Morgan fingerprint density at radius 1 is 0.263 bits per heavy atom. The van der Waals surface area contributed by atoms with Crippen molar-refractivity contribution in [1.29, 1.82) is 0 Å². The molecule has 8 heteroatoms.